The minimum Gasteiger partial charge on any atom is -0.459 e. The molecule has 0 unspecified atom stereocenters. The normalized spacial score (nSPS) is 14.0. The first-order chi connectivity index (χ1) is 9.60. The van der Waals surface area contributed by atoms with Gasteiger partial charge in [-0.1, -0.05) is 0 Å². The minimum absolute atomic E-state index is 0.0985. The van der Waals surface area contributed by atoms with Gasteiger partial charge in [0.2, 0.25) is 0 Å². The second-order valence-corrected chi connectivity index (χ2v) is 5.52. The SMILES string of the molecule is CCn1cc(C(=O)OC(C)C)c2cc3c(cc21)CNC3. The molecule has 0 aliphatic carbocycles. The Labute approximate surface area is 118 Å². The molecule has 3 rings (SSSR count). The maximum Gasteiger partial charge on any atom is 0.340 e. The second-order valence-electron chi connectivity index (χ2n) is 5.52. The molecule has 4 nitrogen and oxygen atoms in total. The van der Waals surface area contributed by atoms with Crippen molar-refractivity contribution in [3.05, 3.63) is 35.0 Å². The molecule has 0 saturated heterocycles. The third kappa shape index (κ3) is 2.10. The highest BCUT2D eigenvalue weighted by Gasteiger charge is 2.20. The number of aryl methyl sites for hydroxylation is 1. The molecule has 0 saturated carbocycles. The van der Waals surface area contributed by atoms with Crippen molar-refractivity contribution in [3.8, 4) is 0 Å². The van der Waals surface area contributed by atoms with Crippen molar-refractivity contribution in [3.63, 3.8) is 0 Å². The van der Waals surface area contributed by atoms with E-state index in [1.807, 2.05) is 20.0 Å². The van der Waals surface area contributed by atoms with Gasteiger partial charge in [0, 0.05) is 36.7 Å². The largest absolute Gasteiger partial charge is 0.459 e. The van der Waals surface area contributed by atoms with Crippen molar-refractivity contribution in [1.29, 1.82) is 0 Å². The lowest BCUT2D eigenvalue weighted by molar-refractivity contribution is 0.0380. The Kier molecular flexibility index (Phi) is 3.26. The fourth-order valence-corrected chi connectivity index (χ4v) is 2.79. The van der Waals surface area contributed by atoms with Crippen LogP contribution in [-0.4, -0.2) is 16.6 Å². The molecule has 0 bridgehead atoms. The van der Waals surface area contributed by atoms with E-state index in [4.69, 9.17) is 4.74 Å². The van der Waals surface area contributed by atoms with E-state index in [1.165, 1.54) is 11.1 Å². The third-order valence-electron chi connectivity index (χ3n) is 3.74. The number of aromatic nitrogens is 1. The van der Waals surface area contributed by atoms with Gasteiger partial charge in [-0.25, -0.2) is 4.79 Å². The fraction of sp³-hybridized carbons (Fsp3) is 0.438. The molecule has 2 heterocycles. The van der Waals surface area contributed by atoms with E-state index in [0.29, 0.717) is 5.56 Å². The molecule has 4 heteroatoms. The summed E-state index contributed by atoms with van der Waals surface area (Å²) in [6, 6.07) is 4.33. The first kappa shape index (κ1) is 13.2. The van der Waals surface area contributed by atoms with Gasteiger partial charge in [0.15, 0.2) is 0 Å². The monoisotopic (exact) mass is 272 g/mol. The number of nitrogens with one attached hydrogen (secondary N) is 1. The van der Waals surface area contributed by atoms with Gasteiger partial charge in [-0.3, -0.25) is 0 Å². The van der Waals surface area contributed by atoms with Crippen molar-refractivity contribution in [2.45, 2.75) is 46.5 Å². The number of hydrogen-bond acceptors (Lipinski definition) is 3. The Hall–Kier alpha value is -1.81. The number of fused-ring (bicyclic) bond motifs is 2. The lowest BCUT2D eigenvalue weighted by Gasteiger charge is -2.07. The molecule has 20 heavy (non-hydrogen) atoms. The standard InChI is InChI=1S/C16H20N2O2/c1-4-18-9-14(16(19)20-10(2)3)13-5-11-7-17-8-12(11)6-15(13)18/h5-6,9-10,17H,4,7-8H2,1-3H3. The van der Waals surface area contributed by atoms with Crippen LogP contribution >= 0.6 is 0 Å². The molecule has 1 aromatic carbocycles. The van der Waals surface area contributed by atoms with Crippen molar-refractivity contribution >= 4 is 16.9 Å². The summed E-state index contributed by atoms with van der Waals surface area (Å²) in [5.41, 5.74) is 4.40. The van der Waals surface area contributed by atoms with Crippen molar-refractivity contribution in [2.75, 3.05) is 0 Å². The summed E-state index contributed by atoms with van der Waals surface area (Å²) in [4.78, 5) is 12.2. The zero-order chi connectivity index (χ0) is 14.3. The summed E-state index contributed by atoms with van der Waals surface area (Å²) in [6.45, 7) is 8.46. The van der Waals surface area contributed by atoms with Crippen LogP contribution < -0.4 is 5.32 Å². The molecule has 0 radical (unpaired) electrons. The number of carbonyl (C=O) groups is 1. The van der Waals surface area contributed by atoms with Crippen LogP contribution in [0.25, 0.3) is 10.9 Å². The van der Waals surface area contributed by atoms with E-state index in [1.54, 1.807) is 0 Å². The molecule has 1 aromatic heterocycles. The molecule has 0 fully saturated rings. The van der Waals surface area contributed by atoms with Crippen molar-refractivity contribution in [2.24, 2.45) is 0 Å². The van der Waals surface area contributed by atoms with E-state index >= 15 is 0 Å². The highest BCUT2D eigenvalue weighted by atomic mass is 16.5. The number of benzene rings is 1. The number of ether oxygens (including phenoxy) is 1. The maximum absolute atomic E-state index is 12.2. The van der Waals surface area contributed by atoms with E-state index in [0.717, 1.165) is 30.5 Å². The average molecular weight is 272 g/mol. The molecule has 1 aliphatic heterocycles. The molecule has 0 amide bonds. The van der Waals surface area contributed by atoms with Gasteiger partial charge < -0.3 is 14.6 Å². The number of nitrogens with zero attached hydrogens (tertiary/aromatic N) is 1. The summed E-state index contributed by atoms with van der Waals surface area (Å²) in [5.74, 6) is -0.233. The minimum atomic E-state index is -0.233. The lowest BCUT2D eigenvalue weighted by atomic mass is 10.1. The Morgan fingerprint density at radius 3 is 2.70 bits per heavy atom. The topological polar surface area (TPSA) is 43.3 Å². The van der Waals surface area contributed by atoms with Gasteiger partial charge >= 0.3 is 5.97 Å². The first-order valence-electron chi connectivity index (χ1n) is 7.16. The molecular formula is C16H20N2O2. The predicted molar refractivity (Wildman–Crippen MR) is 78.7 cm³/mol. The molecule has 1 N–H and O–H groups in total. The summed E-state index contributed by atoms with van der Waals surface area (Å²) in [7, 11) is 0. The molecular weight excluding hydrogens is 252 g/mol. The number of rotatable bonds is 3. The average Bonchev–Trinajstić information content (AvgIpc) is 2.98. The smallest absolute Gasteiger partial charge is 0.340 e. The number of carbonyl (C=O) groups excluding carboxylic acids is 1. The van der Waals surface area contributed by atoms with Gasteiger partial charge in [-0.2, -0.15) is 0 Å². The quantitative estimate of drug-likeness (QED) is 0.874. The van der Waals surface area contributed by atoms with E-state index in [-0.39, 0.29) is 12.1 Å². The number of esters is 1. The maximum atomic E-state index is 12.2. The van der Waals surface area contributed by atoms with Gasteiger partial charge in [0.05, 0.1) is 11.7 Å². The van der Waals surface area contributed by atoms with Crippen LogP contribution in [0.4, 0.5) is 0 Å². The van der Waals surface area contributed by atoms with Crippen LogP contribution in [0.15, 0.2) is 18.3 Å². The van der Waals surface area contributed by atoms with Crippen LogP contribution in [-0.2, 0) is 24.4 Å². The third-order valence-corrected chi connectivity index (χ3v) is 3.74. The van der Waals surface area contributed by atoms with Crippen molar-refractivity contribution < 1.29 is 9.53 Å². The summed E-state index contributed by atoms with van der Waals surface area (Å²) in [6.07, 6.45) is 1.82. The van der Waals surface area contributed by atoms with Gasteiger partial charge in [-0.05, 0) is 44.0 Å². The highest BCUT2D eigenvalue weighted by Crippen LogP contribution is 2.28. The van der Waals surface area contributed by atoms with E-state index in [2.05, 4.69) is 28.9 Å². The lowest BCUT2D eigenvalue weighted by Crippen LogP contribution is -2.11. The van der Waals surface area contributed by atoms with Gasteiger partial charge in [0.1, 0.15) is 0 Å². The molecule has 0 spiro atoms. The van der Waals surface area contributed by atoms with Gasteiger partial charge in [-0.15, -0.1) is 0 Å². The second kappa shape index (κ2) is 4.94. The molecule has 106 valence electrons. The van der Waals surface area contributed by atoms with Crippen molar-refractivity contribution in [1.82, 2.24) is 9.88 Å². The Morgan fingerprint density at radius 1 is 1.35 bits per heavy atom. The Bertz CT molecular complexity index is 671. The molecule has 2 aromatic rings. The Balaban J connectivity index is 2.15. The predicted octanol–water partition coefficient (Wildman–Crippen LogP) is 2.83. The van der Waals surface area contributed by atoms with Crippen LogP contribution in [0.3, 0.4) is 0 Å². The summed E-state index contributed by atoms with van der Waals surface area (Å²) in [5, 5.41) is 4.35. The van der Waals surface area contributed by atoms with Crippen LogP contribution in [0.1, 0.15) is 42.3 Å². The highest BCUT2D eigenvalue weighted by molar-refractivity contribution is 6.05. The van der Waals surface area contributed by atoms with E-state index in [9.17, 15) is 4.79 Å². The fourth-order valence-electron chi connectivity index (χ4n) is 2.79. The molecule has 0 atom stereocenters. The van der Waals surface area contributed by atoms with Crippen LogP contribution in [0, 0.1) is 0 Å². The van der Waals surface area contributed by atoms with E-state index < -0.39 is 0 Å². The zero-order valence-corrected chi connectivity index (χ0v) is 12.2. The molecule has 1 aliphatic rings. The summed E-state index contributed by atoms with van der Waals surface area (Å²) < 4.78 is 7.47. The zero-order valence-electron chi connectivity index (χ0n) is 12.2. The number of hydrogen-bond donors (Lipinski definition) is 1. The van der Waals surface area contributed by atoms with Gasteiger partial charge in [0.25, 0.3) is 0 Å². The Morgan fingerprint density at radius 2 is 2.05 bits per heavy atom. The van der Waals surface area contributed by atoms with Crippen LogP contribution in [0.5, 0.6) is 0 Å². The first-order valence-corrected chi connectivity index (χ1v) is 7.16. The van der Waals surface area contributed by atoms with Crippen LogP contribution in [0.2, 0.25) is 0 Å². The summed E-state index contributed by atoms with van der Waals surface area (Å²) >= 11 is 0.